The fourth-order valence-electron chi connectivity index (χ4n) is 2.97. The molecule has 0 saturated heterocycles. The van der Waals surface area contributed by atoms with Crippen LogP contribution in [-0.2, 0) is 0 Å². The molecule has 0 spiro atoms. The first-order chi connectivity index (χ1) is 12.3. The number of aromatic nitrogens is 1. The number of nitrogens with one attached hydrogen (secondary N) is 2. The van der Waals surface area contributed by atoms with Crippen molar-refractivity contribution in [2.24, 2.45) is 0 Å². The average molecular weight is 338 g/mol. The molecule has 2 N–H and O–H groups in total. The molecular formula is C22H31N3. The van der Waals surface area contributed by atoms with Gasteiger partial charge in [-0.05, 0) is 18.6 Å². The molecule has 0 fully saturated rings. The predicted molar refractivity (Wildman–Crippen MR) is 108 cm³/mol. The van der Waals surface area contributed by atoms with Crippen molar-refractivity contribution in [2.45, 2.75) is 58.3 Å². The maximum Gasteiger partial charge on any atom is 0.135 e. The van der Waals surface area contributed by atoms with E-state index in [1.54, 1.807) is 6.20 Å². The number of benzene rings is 1. The van der Waals surface area contributed by atoms with Gasteiger partial charge in [-0.15, -0.1) is 0 Å². The Morgan fingerprint density at radius 1 is 0.880 bits per heavy atom. The molecule has 2 rings (SSSR count). The van der Waals surface area contributed by atoms with Gasteiger partial charge in [0.05, 0.1) is 5.71 Å². The Bertz CT molecular complexity index is 622. The maximum absolute atomic E-state index is 8.46. The predicted octanol–water partition coefficient (Wildman–Crippen LogP) is 6.05. The van der Waals surface area contributed by atoms with Gasteiger partial charge in [-0.3, -0.25) is 5.41 Å². The molecule has 25 heavy (non-hydrogen) atoms. The minimum absolute atomic E-state index is 0.520. The van der Waals surface area contributed by atoms with Crippen LogP contribution in [0.1, 0.15) is 69.4 Å². The summed E-state index contributed by atoms with van der Waals surface area (Å²) in [6.07, 6.45) is 12.3. The van der Waals surface area contributed by atoms with E-state index in [-0.39, 0.29) is 0 Å². The summed E-state index contributed by atoms with van der Waals surface area (Å²) in [5.41, 5.74) is 2.31. The molecule has 0 radical (unpaired) electrons. The van der Waals surface area contributed by atoms with Crippen LogP contribution in [-0.4, -0.2) is 17.2 Å². The van der Waals surface area contributed by atoms with Crippen molar-refractivity contribution in [2.75, 3.05) is 11.9 Å². The number of nitrogens with zero attached hydrogens (tertiary/aromatic N) is 1. The van der Waals surface area contributed by atoms with Gasteiger partial charge in [0.2, 0.25) is 0 Å². The van der Waals surface area contributed by atoms with Gasteiger partial charge in [-0.25, -0.2) is 4.98 Å². The molecule has 1 aromatic carbocycles. The summed E-state index contributed by atoms with van der Waals surface area (Å²) in [4.78, 5) is 4.44. The standard InChI is InChI=1S/C22H31N3/c1-2-3-4-5-6-7-8-12-17-24-22-20(16-13-18-25-22)21(23)19-14-10-9-11-15-19/h9-11,13-16,18,23H,2-8,12,17H2,1H3,(H,24,25). The normalized spacial score (nSPS) is 10.6. The molecule has 134 valence electrons. The molecule has 1 heterocycles. The van der Waals surface area contributed by atoms with Crippen molar-refractivity contribution >= 4 is 11.5 Å². The third kappa shape index (κ3) is 6.69. The van der Waals surface area contributed by atoms with Gasteiger partial charge in [0.25, 0.3) is 0 Å². The summed E-state index contributed by atoms with van der Waals surface area (Å²) < 4.78 is 0. The summed E-state index contributed by atoms with van der Waals surface area (Å²) in [5.74, 6) is 0.819. The third-order valence-electron chi connectivity index (χ3n) is 4.46. The highest BCUT2D eigenvalue weighted by molar-refractivity contribution is 6.13. The smallest absolute Gasteiger partial charge is 0.135 e. The first kappa shape index (κ1) is 19.2. The zero-order chi connectivity index (χ0) is 17.7. The average Bonchev–Trinajstić information content (AvgIpc) is 2.67. The van der Waals surface area contributed by atoms with Crippen LogP contribution in [0.25, 0.3) is 0 Å². The quantitative estimate of drug-likeness (QED) is 0.366. The van der Waals surface area contributed by atoms with Gasteiger partial charge in [-0.1, -0.05) is 82.2 Å². The highest BCUT2D eigenvalue weighted by Crippen LogP contribution is 2.17. The van der Waals surface area contributed by atoms with Gasteiger partial charge < -0.3 is 5.32 Å². The zero-order valence-electron chi connectivity index (χ0n) is 15.4. The number of rotatable bonds is 12. The Hall–Kier alpha value is -2.16. The Morgan fingerprint density at radius 2 is 1.56 bits per heavy atom. The molecule has 0 aliphatic heterocycles. The van der Waals surface area contributed by atoms with E-state index in [9.17, 15) is 0 Å². The lowest BCUT2D eigenvalue weighted by atomic mass is 10.0. The van der Waals surface area contributed by atoms with Crippen LogP contribution in [0.15, 0.2) is 48.7 Å². The van der Waals surface area contributed by atoms with Crippen LogP contribution in [0, 0.1) is 5.41 Å². The van der Waals surface area contributed by atoms with Crippen LogP contribution in [0.2, 0.25) is 0 Å². The number of anilines is 1. The molecule has 0 aliphatic carbocycles. The highest BCUT2D eigenvalue weighted by atomic mass is 15.0. The van der Waals surface area contributed by atoms with Crippen LogP contribution in [0.4, 0.5) is 5.82 Å². The summed E-state index contributed by atoms with van der Waals surface area (Å²) >= 11 is 0. The number of hydrogen-bond donors (Lipinski definition) is 2. The van der Waals surface area contributed by atoms with Crippen molar-refractivity contribution in [1.82, 2.24) is 4.98 Å². The Balaban J connectivity index is 1.76. The van der Waals surface area contributed by atoms with E-state index in [4.69, 9.17) is 5.41 Å². The molecule has 0 bridgehead atoms. The van der Waals surface area contributed by atoms with E-state index < -0.39 is 0 Å². The molecule has 3 heteroatoms. The number of hydrogen-bond acceptors (Lipinski definition) is 3. The van der Waals surface area contributed by atoms with Gasteiger partial charge in [0.1, 0.15) is 5.82 Å². The fourth-order valence-corrected chi connectivity index (χ4v) is 2.97. The summed E-state index contributed by atoms with van der Waals surface area (Å²) in [7, 11) is 0. The molecule has 1 aromatic heterocycles. The highest BCUT2D eigenvalue weighted by Gasteiger charge is 2.10. The topological polar surface area (TPSA) is 48.8 Å². The monoisotopic (exact) mass is 337 g/mol. The minimum Gasteiger partial charge on any atom is -0.370 e. The van der Waals surface area contributed by atoms with Crippen molar-refractivity contribution in [1.29, 1.82) is 5.41 Å². The van der Waals surface area contributed by atoms with Gasteiger partial charge in [0.15, 0.2) is 0 Å². The largest absolute Gasteiger partial charge is 0.370 e. The third-order valence-corrected chi connectivity index (χ3v) is 4.46. The molecule has 2 aromatic rings. The summed E-state index contributed by atoms with van der Waals surface area (Å²) in [5, 5.41) is 11.9. The fraction of sp³-hybridized carbons (Fsp3) is 0.455. The summed E-state index contributed by atoms with van der Waals surface area (Å²) in [6, 6.07) is 13.7. The van der Waals surface area contributed by atoms with Gasteiger partial charge >= 0.3 is 0 Å². The van der Waals surface area contributed by atoms with E-state index in [2.05, 4.69) is 17.2 Å². The molecule has 0 atom stereocenters. The second-order valence-electron chi connectivity index (χ2n) is 6.54. The lowest BCUT2D eigenvalue weighted by molar-refractivity contribution is 0.581. The van der Waals surface area contributed by atoms with Crippen molar-refractivity contribution < 1.29 is 0 Å². The van der Waals surface area contributed by atoms with E-state index in [0.717, 1.165) is 29.9 Å². The first-order valence-electron chi connectivity index (χ1n) is 9.66. The van der Waals surface area contributed by atoms with Crippen molar-refractivity contribution in [3.8, 4) is 0 Å². The van der Waals surface area contributed by atoms with Crippen molar-refractivity contribution in [3.05, 3.63) is 59.8 Å². The second-order valence-corrected chi connectivity index (χ2v) is 6.54. The molecule has 3 nitrogen and oxygen atoms in total. The van der Waals surface area contributed by atoms with E-state index >= 15 is 0 Å². The maximum atomic E-state index is 8.46. The SMILES string of the molecule is CCCCCCCCCCNc1ncccc1C(=N)c1ccccc1. The molecule has 0 saturated carbocycles. The van der Waals surface area contributed by atoms with Crippen molar-refractivity contribution in [3.63, 3.8) is 0 Å². The molecule has 0 amide bonds. The Kier molecular flexibility index (Phi) is 8.74. The Morgan fingerprint density at radius 3 is 2.28 bits per heavy atom. The van der Waals surface area contributed by atoms with E-state index in [1.165, 1.54) is 44.9 Å². The Labute approximate surface area is 152 Å². The minimum atomic E-state index is 0.520. The van der Waals surface area contributed by atoms with Gasteiger partial charge in [0, 0.05) is 23.9 Å². The zero-order valence-corrected chi connectivity index (χ0v) is 15.4. The number of pyridine rings is 1. The van der Waals surface area contributed by atoms with Crippen LogP contribution in [0.3, 0.4) is 0 Å². The molecule has 0 unspecified atom stereocenters. The lowest BCUT2D eigenvalue weighted by Gasteiger charge is -2.12. The van der Waals surface area contributed by atoms with Gasteiger partial charge in [-0.2, -0.15) is 0 Å². The number of unbranched alkanes of at least 4 members (excludes halogenated alkanes) is 7. The van der Waals surface area contributed by atoms with Crippen LogP contribution in [0.5, 0.6) is 0 Å². The van der Waals surface area contributed by atoms with E-state index in [1.807, 2.05) is 42.5 Å². The summed E-state index contributed by atoms with van der Waals surface area (Å²) in [6.45, 7) is 3.18. The van der Waals surface area contributed by atoms with Crippen LogP contribution < -0.4 is 5.32 Å². The first-order valence-corrected chi connectivity index (χ1v) is 9.66. The molecular weight excluding hydrogens is 306 g/mol. The lowest BCUT2D eigenvalue weighted by Crippen LogP contribution is -2.10. The van der Waals surface area contributed by atoms with E-state index in [0.29, 0.717) is 5.71 Å². The second kappa shape index (κ2) is 11.4. The molecule has 0 aliphatic rings. The van der Waals surface area contributed by atoms with Crippen LogP contribution >= 0.6 is 0 Å².